The standard InChI is InChI=1S/C7Br4N2S/c8-1-2(9)4(11)6-5(3(1)10)12-7(14)13-6. The minimum absolute atomic E-state index is 0.353. The van der Waals surface area contributed by atoms with Crippen LogP contribution >= 0.6 is 75.9 Å². The zero-order chi connectivity index (χ0) is 10.5. The quantitative estimate of drug-likeness (QED) is 0.329. The number of halogens is 4. The first-order valence-electron chi connectivity index (χ1n) is 3.35. The summed E-state index contributed by atoms with van der Waals surface area (Å²) in [5.41, 5.74) is 0. The molecule has 2 nitrogen and oxygen atoms in total. The number of rotatable bonds is 0. The number of nitrogens with zero attached hydrogens (tertiary/aromatic N) is 2. The van der Waals surface area contributed by atoms with Gasteiger partial charge in [-0.25, -0.2) is 9.98 Å². The van der Waals surface area contributed by atoms with Gasteiger partial charge >= 0.3 is 0 Å². The predicted molar refractivity (Wildman–Crippen MR) is 72.2 cm³/mol. The van der Waals surface area contributed by atoms with Crippen molar-refractivity contribution in [2.45, 2.75) is 0 Å². The van der Waals surface area contributed by atoms with Gasteiger partial charge in [-0.1, -0.05) is 0 Å². The van der Waals surface area contributed by atoms with E-state index in [9.17, 15) is 0 Å². The van der Waals surface area contributed by atoms with Crippen molar-refractivity contribution in [2.75, 3.05) is 0 Å². The van der Waals surface area contributed by atoms with Crippen LogP contribution in [0.15, 0.2) is 27.9 Å². The summed E-state index contributed by atoms with van der Waals surface area (Å²) in [6.45, 7) is 0. The molecule has 1 heterocycles. The topological polar surface area (TPSA) is 24.7 Å². The molecule has 7 heteroatoms. The second kappa shape index (κ2) is 4.01. The van der Waals surface area contributed by atoms with E-state index in [1.807, 2.05) is 0 Å². The van der Waals surface area contributed by atoms with E-state index in [1.165, 1.54) is 0 Å². The molecule has 0 radical (unpaired) electrons. The minimum Gasteiger partial charge on any atom is -0.216 e. The molecule has 0 unspecified atom stereocenters. The Morgan fingerprint density at radius 1 is 0.714 bits per heavy atom. The Bertz CT molecular complexity index is 517. The number of thiocarbonyl (C=S) groups is 1. The molecule has 72 valence electrons. The maximum absolute atomic E-state index is 4.92. The van der Waals surface area contributed by atoms with Crippen LogP contribution < -0.4 is 10.7 Å². The van der Waals surface area contributed by atoms with Crippen LogP contribution in [0.3, 0.4) is 0 Å². The Morgan fingerprint density at radius 2 is 1.07 bits per heavy atom. The number of fused-ring (bicyclic) bond motifs is 1. The third-order valence-electron chi connectivity index (χ3n) is 1.63. The number of benzene rings is 1. The summed E-state index contributed by atoms with van der Waals surface area (Å²) in [6.07, 6.45) is 0. The van der Waals surface area contributed by atoms with E-state index in [1.54, 1.807) is 0 Å². The van der Waals surface area contributed by atoms with Gasteiger partial charge in [-0.3, -0.25) is 0 Å². The summed E-state index contributed by atoms with van der Waals surface area (Å²) in [6, 6.07) is 0. The van der Waals surface area contributed by atoms with E-state index in [0.717, 1.165) is 28.6 Å². The summed E-state index contributed by atoms with van der Waals surface area (Å²) in [7, 11) is 0. The third kappa shape index (κ3) is 1.67. The molecule has 1 aliphatic heterocycles. The highest BCUT2D eigenvalue weighted by Gasteiger charge is 2.16. The fourth-order valence-corrected chi connectivity index (χ4v) is 3.46. The summed E-state index contributed by atoms with van der Waals surface area (Å²) >= 11 is 18.7. The molecule has 1 aromatic rings. The van der Waals surface area contributed by atoms with Crippen molar-refractivity contribution in [3.05, 3.63) is 28.6 Å². The molecule has 1 aliphatic rings. The Hall–Kier alpha value is 0.830. The number of hydrogen-bond donors (Lipinski definition) is 0. The molecule has 0 atom stereocenters. The van der Waals surface area contributed by atoms with Gasteiger partial charge < -0.3 is 0 Å². The highest BCUT2D eigenvalue weighted by atomic mass is 79.9. The van der Waals surface area contributed by atoms with E-state index in [2.05, 4.69) is 73.7 Å². The first-order valence-corrected chi connectivity index (χ1v) is 6.93. The average molecular weight is 464 g/mol. The predicted octanol–water partition coefficient (Wildman–Crippen LogP) is 3.27. The van der Waals surface area contributed by atoms with Crippen LogP contribution in [0, 0.1) is 0 Å². The number of hydrogen-bond acceptors (Lipinski definition) is 1. The zero-order valence-electron chi connectivity index (χ0n) is 6.31. The van der Waals surface area contributed by atoms with Gasteiger partial charge in [-0.15, -0.1) is 0 Å². The van der Waals surface area contributed by atoms with Crippen molar-refractivity contribution in [3.63, 3.8) is 0 Å². The molecule has 0 fully saturated rings. The molecule has 0 saturated carbocycles. The molecule has 1 aromatic carbocycles. The lowest BCUT2D eigenvalue weighted by Crippen LogP contribution is -2.25. The van der Waals surface area contributed by atoms with Crippen molar-refractivity contribution in [1.29, 1.82) is 0 Å². The maximum atomic E-state index is 4.92. The van der Waals surface area contributed by atoms with Gasteiger partial charge in [0, 0.05) is 8.95 Å². The first kappa shape index (κ1) is 11.3. The van der Waals surface area contributed by atoms with Crippen molar-refractivity contribution in [1.82, 2.24) is 0 Å². The van der Waals surface area contributed by atoms with Crippen LogP contribution in [-0.4, -0.2) is 5.11 Å². The van der Waals surface area contributed by atoms with Gasteiger partial charge in [-0.2, -0.15) is 0 Å². The molecule has 0 saturated heterocycles. The second-order valence-corrected chi connectivity index (χ2v) is 6.00. The van der Waals surface area contributed by atoms with Crippen LogP contribution in [0.1, 0.15) is 0 Å². The molecular weight excluding hydrogens is 464 g/mol. The molecular formula is C7Br4N2S. The monoisotopic (exact) mass is 460 g/mol. The maximum Gasteiger partial charge on any atom is 0.220 e. The Morgan fingerprint density at radius 3 is 1.43 bits per heavy atom. The fraction of sp³-hybridized carbons (Fsp3) is 0. The zero-order valence-corrected chi connectivity index (χ0v) is 13.5. The minimum atomic E-state index is 0.353. The van der Waals surface area contributed by atoms with Crippen LogP contribution in [0.2, 0.25) is 0 Å². The van der Waals surface area contributed by atoms with Crippen LogP contribution in [0.4, 0.5) is 0 Å². The summed E-state index contributed by atoms with van der Waals surface area (Å²) < 4.78 is 3.50. The lowest BCUT2D eigenvalue weighted by atomic mass is 10.3. The third-order valence-corrected chi connectivity index (χ3v) is 6.54. The van der Waals surface area contributed by atoms with E-state index < -0.39 is 0 Å². The van der Waals surface area contributed by atoms with Crippen LogP contribution in [-0.2, 0) is 0 Å². The summed E-state index contributed by atoms with van der Waals surface area (Å²) in [5, 5.41) is 1.88. The van der Waals surface area contributed by atoms with E-state index >= 15 is 0 Å². The fourth-order valence-electron chi connectivity index (χ4n) is 1.03. The molecule has 0 aliphatic carbocycles. The van der Waals surface area contributed by atoms with Gasteiger partial charge in [0.2, 0.25) is 5.11 Å². The average Bonchev–Trinajstić information content (AvgIpc) is 2.54. The lowest BCUT2D eigenvalue weighted by molar-refractivity contribution is 1.27. The van der Waals surface area contributed by atoms with Gasteiger partial charge in [0.25, 0.3) is 0 Å². The largest absolute Gasteiger partial charge is 0.220 e. The first-order chi connectivity index (χ1) is 6.52. The molecule has 0 spiro atoms. The highest BCUT2D eigenvalue weighted by Crippen LogP contribution is 2.32. The Labute approximate surface area is 118 Å². The van der Waals surface area contributed by atoms with Crippen LogP contribution in [0.25, 0.3) is 0 Å². The molecule has 0 aromatic heterocycles. The van der Waals surface area contributed by atoms with Gasteiger partial charge in [-0.05, 0) is 75.9 Å². The molecule has 2 rings (SSSR count). The van der Waals surface area contributed by atoms with Crippen LogP contribution in [0.5, 0.6) is 0 Å². The van der Waals surface area contributed by atoms with E-state index in [4.69, 9.17) is 12.2 Å². The van der Waals surface area contributed by atoms with Crippen molar-refractivity contribution in [3.8, 4) is 0 Å². The molecule has 0 N–H and O–H groups in total. The molecule has 0 bridgehead atoms. The van der Waals surface area contributed by atoms with E-state index in [-0.39, 0.29) is 0 Å². The Kier molecular flexibility index (Phi) is 3.24. The SMILES string of the molecule is S=C1N=c2c(Br)c(Br)c(Br)c(Br)c2=N1. The van der Waals surface area contributed by atoms with Crippen molar-refractivity contribution < 1.29 is 0 Å². The summed E-state index contributed by atoms with van der Waals surface area (Å²) in [4.78, 5) is 8.30. The lowest BCUT2D eigenvalue weighted by Gasteiger charge is -2.01. The van der Waals surface area contributed by atoms with E-state index in [0.29, 0.717) is 5.11 Å². The van der Waals surface area contributed by atoms with Gasteiger partial charge in [0.1, 0.15) is 10.7 Å². The normalized spacial score (nSPS) is 13.6. The Balaban J connectivity index is 3.07. The highest BCUT2D eigenvalue weighted by molar-refractivity contribution is 9.15. The van der Waals surface area contributed by atoms with Crippen molar-refractivity contribution in [2.24, 2.45) is 9.98 Å². The molecule has 0 amide bonds. The smallest absolute Gasteiger partial charge is 0.216 e. The second-order valence-electron chi connectivity index (χ2n) is 2.46. The van der Waals surface area contributed by atoms with Gasteiger partial charge in [0.15, 0.2) is 0 Å². The van der Waals surface area contributed by atoms with Crippen molar-refractivity contribution >= 4 is 81.1 Å². The summed E-state index contributed by atoms with van der Waals surface area (Å²) in [5.74, 6) is 0. The molecule has 14 heavy (non-hydrogen) atoms. The van der Waals surface area contributed by atoms with Gasteiger partial charge in [0.05, 0.1) is 8.95 Å².